The predicted octanol–water partition coefficient (Wildman–Crippen LogP) is 4.52. The Kier molecular flexibility index (Phi) is 5.03. The number of allylic oxidation sites excluding steroid dienone is 1. The average molecular weight is 378 g/mol. The van der Waals surface area contributed by atoms with Gasteiger partial charge in [0, 0.05) is 16.6 Å². The van der Waals surface area contributed by atoms with Crippen molar-refractivity contribution in [2.75, 3.05) is 7.11 Å². The quantitative estimate of drug-likeness (QED) is 0.468. The highest BCUT2D eigenvalue weighted by Crippen LogP contribution is 2.30. The maximum absolute atomic E-state index is 12.4. The number of alkyl halides is 2. The van der Waals surface area contributed by atoms with Crippen LogP contribution < -0.4 is 9.47 Å². The van der Waals surface area contributed by atoms with Crippen LogP contribution in [-0.4, -0.2) is 28.9 Å². The Morgan fingerprint density at radius 2 is 2.08 bits per heavy atom. The second-order valence-corrected chi connectivity index (χ2v) is 6.73. The number of hydrogen-bond acceptors (Lipinski definition) is 5. The van der Waals surface area contributed by atoms with Crippen molar-refractivity contribution >= 4 is 28.2 Å². The molecule has 0 aliphatic carbocycles. The number of rotatable bonds is 6. The summed E-state index contributed by atoms with van der Waals surface area (Å²) in [6.45, 7) is 0.896. The van der Waals surface area contributed by atoms with Gasteiger partial charge >= 0.3 is 6.61 Å². The van der Waals surface area contributed by atoms with E-state index < -0.39 is 6.61 Å². The number of ether oxygens (including phenoxy) is 2. The third-order valence-corrected chi connectivity index (χ3v) is 4.62. The van der Waals surface area contributed by atoms with Crippen LogP contribution in [0.4, 0.5) is 8.78 Å². The number of carbonyl (C=O) groups excluding carboxylic acids is 1. The van der Waals surface area contributed by atoms with Crippen LogP contribution in [0.1, 0.15) is 26.6 Å². The van der Waals surface area contributed by atoms with E-state index >= 15 is 0 Å². The van der Waals surface area contributed by atoms with E-state index in [1.165, 1.54) is 31.4 Å². The summed E-state index contributed by atoms with van der Waals surface area (Å²) in [5, 5.41) is 0. The van der Waals surface area contributed by atoms with E-state index in [0.717, 1.165) is 21.2 Å². The molecule has 1 aromatic carbocycles. The molecule has 0 saturated heterocycles. The zero-order chi connectivity index (χ0) is 18.8. The first-order valence-electron chi connectivity index (χ1n) is 7.69. The van der Waals surface area contributed by atoms with Crippen LogP contribution in [-0.2, 0) is 0 Å². The van der Waals surface area contributed by atoms with Gasteiger partial charge in [-0.25, -0.2) is 4.98 Å². The number of aryl methyl sites for hydroxylation is 2. The van der Waals surface area contributed by atoms with Crippen molar-refractivity contribution in [3.63, 3.8) is 0 Å². The molecule has 0 spiro atoms. The first kappa shape index (κ1) is 18.1. The van der Waals surface area contributed by atoms with Crippen molar-refractivity contribution in [1.29, 1.82) is 0 Å². The molecule has 0 amide bonds. The summed E-state index contributed by atoms with van der Waals surface area (Å²) in [5.74, 6) is -0.334. The number of fused-ring (bicyclic) bond motifs is 1. The number of carbonyl (C=O) groups is 1. The van der Waals surface area contributed by atoms with Gasteiger partial charge < -0.3 is 9.47 Å². The zero-order valence-corrected chi connectivity index (χ0v) is 15.1. The van der Waals surface area contributed by atoms with Crippen LogP contribution in [0.2, 0.25) is 0 Å². The number of nitrogens with zero attached hydrogens (tertiary/aromatic N) is 2. The lowest BCUT2D eigenvalue weighted by Crippen LogP contribution is -2.04. The Morgan fingerprint density at radius 3 is 2.77 bits per heavy atom. The summed E-state index contributed by atoms with van der Waals surface area (Å²) in [5.41, 5.74) is 1.94. The van der Waals surface area contributed by atoms with Crippen LogP contribution in [0.15, 0.2) is 30.5 Å². The highest BCUT2D eigenvalue weighted by molar-refractivity contribution is 7.17. The molecule has 0 atom stereocenters. The van der Waals surface area contributed by atoms with Crippen LogP contribution >= 0.6 is 11.3 Å². The molecule has 3 aromatic rings. The van der Waals surface area contributed by atoms with Gasteiger partial charge in [0.15, 0.2) is 22.2 Å². The van der Waals surface area contributed by atoms with Crippen molar-refractivity contribution in [2.45, 2.75) is 20.5 Å². The number of halogens is 2. The third-order valence-electron chi connectivity index (χ3n) is 3.72. The fourth-order valence-corrected chi connectivity index (χ4v) is 3.42. The lowest BCUT2D eigenvalue weighted by Gasteiger charge is -2.10. The Morgan fingerprint density at radius 1 is 1.31 bits per heavy atom. The maximum Gasteiger partial charge on any atom is 0.387 e. The lowest BCUT2D eigenvalue weighted by atomic mass is 10.1. The van der Waals surface area contributed by atoms with Crippen LogP contribution in [0.25, 0.3) is 11.0 Å². The van der Waals surface area contributed by atoms with E-state index in [2.05, 4.69) is 9.72 Å². The standard InChI is InChI=1S/C18H16F2N2O3S/c1-10-9-22-13(11(2)21-18(22)26-10)5-6-14(23)12-4-7-15(25-17(19)20)16(8-12)24-3/h4-9,17H,1-3H3/b6-5+. The van der Waals surface area contributed by atoms with Crippen molar-refractivity contribution in [2.24, 2.45) is 0 Å². The van der Waals surface area contributed by atoms with Gasteiger partial charge in [-0.1, -0.05) is 0 Å². The number of aromatic nitrogens is 2. The molecule has 0 aliphatic heterocycles. The van der Waals surface area contributed by atoms with Crippen molar-refractivity contribution < 1.29 is 23.0 Å². The Labute approximate surface area is 152 Å². The second-order valence-electron chi connectivity index (χ2n) is 5.52. The molecule has 0 N–H and O–H groups in total. The molecule has 8 heteroatoms. The lowest BCUT2D eigenvalue weighted by molar-refractivity contribution is -0.0512. The first-order valence-corrected chi connectivity index (χ1v) is 8.51. The minimum absolute atomic E-state index is 0.0703. The summed E-state index contributed by atoms with van der Waals surface area (Å²) in [6.07, 6.45) is 5.08. The van der Waals surface area contributed by atoms with Gasteiger partial charge in [0.25, 0.3) is 0 Å². The molecular formula is C18H16F2N2O3S. The second kappa shape index (κ2) is 7.25. The van der Waals surface area contributed by atoms with E-state index in [1.54, 1.807) is 17.4 Å². The molecule has 2 aromatic heterocycles. The number of methoxy groups -OCH3 is 1. The highest BCUT2D eigenvalue weighted by Gasteiger charge is 2.14. The topological polar surface area (TPSA) is 52.8 Å². The van der Waals surface area contributed by atoms with Gasteiger partial charge in [-0.15, -0.1) is 11.3 Å². The SMILES string of the molecule is COc1cc(C(=O)/C=C/c2c(C)nc3sc(C)cn23)ccc1OC(F)F. The molecule has 0 bridgehead atoms. The monoisotopic (exact) mass is 378 g/mol. The number of benzene rings is 1. The fraction of sp³-hybridized carbons (Fsp3) is 0.222. The first-order chi connectivity index (χ1) is 12.4. The van der Waals surface area contributed by atoms with Gasteiger partial charge in [-0.3, -0.25) is 9.20 Å². The molecule has 0 radical (unpaired) electrons. The average Bonchev–Trinajstić information content (AvgIpc) is 3.07. The summed E-state index contributed by atoms with van der Waals surface area (Å²) in [6, 6.07) is 4.08. The molecule has 3 rings (SSSR count). The molecular weight excluding hydrogens is 362 g/mol. The normalized spacial score (nSPS) is 11.6. The molecule has 0 fully saturated rings. The van der Waals surface area contributed by atoms with Crippen LogP contribution in [0.5, 0.6) is 11.5 Å². The molecule has 0 unspecified atom stereocenters. The van der Waals surface area contributed by atoms with E-state index in [9.17, 15) is 13.6 Å². The van der Waals surface area contributed by atoms with Gasteiger partial charge in [-0.2, -0.15) is 8.78 Å². The largest absolute Gasteiger partial charge is 0.493 e. The predicted molar refractivity (Wildman–Crippen MR) is 95.5 cm³/mol. The maximum atomic E-state index is 12.4. The summed E-state index contributed by atoms with van der Waals surface area (Å²) >= 11 is 1.57. The van der Waals surface area contributed by atoms with Crippen molar-refractivity contribution in [1.82, 2.24) is 9.38 Å². The van der Waals surface area contributed by atoms with E-state index in [4.69, 9.17) is 4.74 Å². The van der Waals surface area contributed by atoms with Crippen LogP contribution in [0.3, 0.4) is 0 Å². The van der Waals surface area contributed by atoms with Crippen LogP contribution in [0, 0.1) is 13.8 Å². The number of thiazole rings is 1. The molecule has 26 heavy (non-hydrogen) atoms. The van der Waals surface area contributed by atoms with E-state index in [1.807, 2.05) is 24.4 Å². The smallest absolute Gasteiger partial charge is 0.387 e. The molecule has 0 saturated carbocycles. The summed E-state index contributed by atoms with van der Waals surface area (Å²) < 4.78 is 36.1. The molecule has 5 nitrogen and oxygen atoms in total. The number of imidazole rings is 1. The molecule has 136 valence electrons. The molecule has 0 aliphatic rings. The van der Waals surface area contributed by atoms with Crippen molar-refractivity contribution in [3.05, 3.63) is 52.3 Å². The Hall–Kier alpha value is -2.74. The minimum Gasteiger partial charge on any atom is -0.493 e. The Balaban J connectivity index is 1.87. The van der Waals surface area contributed by atoms with Crippen molar-refractivity contribution in [3.8, 4) is 11.5 Å². The number of ketones is 1. The Bertz CT molecular complexity index is 992. The van der Waals surface area contributed by atoms with Gasteiger partial charge in [0.05, 0.1) is 18.5 Å². The molecule has 2 heterocycles. The van der Waals surface area contributed by atoms with E-state index in [-0.39, 0.29) is 17.3 Å². The fourth-order valence-electron chi connectivity index (χ4n) is 2.55. The van der Waals surface area contributed by atoms with Gasteiger partial charge in [0.2, 0.25) is 0 Å². The van der Waals surface area contributed by atoms with Gasteiger partial charge in [0.1, 0.15) is 0 Å². The highest BCUT2D eigenvalue weighted by atomic mass is 32.1. The summed E-state index contributed by atoms with van der Waals surface area (Å²) in [4.78, 5) is 18.9. The minimum atomic E-state index is -2.97. The van der Waals surface area contributed by atoms with E-state index in [0.29, 0.717) is 5.56 Å². The number of hydrogen-bond donors (Lipinski definition) is 0. The third kappa shape index (κ3) is 3.60. The van der Waals surface area contributed by atoms with Gasteiger partial charge in [-0.05, 0) is 44.2 Å². The summed E-state index contributed by atoms with van der Waals surface area (Å²) in [7, 11) is 1.32. The zero-order valence-electron chi connectivity index (χ0n) is 14.3.